The Kier molecular flexibility index (Phi) is 3.60. The van der Waals surface area contributed by atoms with E-state index in [0.717, 1.165) is 4.90 Å². The van der Waals surface area contributed by atoms with E-state index < -0.39 is 18.0 Å². The minimum atomic E-state index is -0.962. The second kappa shape index (κ2) is 4.92. The molecule has 1 aromatic carbocycles. The molecule has 2 amide bonds. The van der Waals surface area contributed by atoms with E-state index in [1.54, 1.807) is 30.3 Å². The summed E-state index contributed by atoms with van der Waals surface area (Å²) in [6, 6.07) is 6.60. The van der Waals surface area contributed by atoms with Crippen LogP contribution in [0.15, 0.2) is 30.3 Å². The lowest BCUT2D eigenvalue weighted by Crippen LogP contribution is -2.47. The molecule has 0 aromatic heterocycles. The molecule has 1 atom stereocenters. The molecular formula is C10H12N4O2. The number of benzene rings is 1. The fourth-order valence-electron chi connectivity index (χ4n) is 1.34. The molecule has 84 valence electrons. The number of hydrogen-bond acceptors (Lipinski definition) is 3. The molecule has 1 unspecified atom stereocenters. The van der Waals surface area contributed by atoms with Crippen LogP contribution in [0, 0.1) is 5.41 Å². The summed E-state index contributed by atoms with van der Waals surface area (Å²) in [7, 11) is 0. The summed E-state index contributed by atoms with van der Waals surface area (Å²) in [5, 5.41) is 7.21. The molecule has 0 aliphatic rings. The zero-order valence-corrected chi connectivity index (χ0v) is 8.46. The van der Waals surface area contributed by atoms with Gasteiger partial charge >= 0.3 is 6.03 Å². The number of urea groups is 1. The van der Waals surface area contributed by atoms with Crippen LogP contribution in [-0.4, -0.2) is 23.2 Å². The zero-order valence-electron chi connectivity index (χ0n) is 8.46. The number of amides is 2. The van der Waals surface area contributed by atoms with Gasteiger partial charge in [0, 0.05) is 0 Å². The van der Waals surface area contributed by atoms with Crippen molar-refractivity contribution in [2.24, 2.45) is 11.5 Å². The second-order valence-corrected chi connectivity index (χ2v) is 3.09. The summed E-state index contributed by atoms with van der Waals surface area (Å²) in [6.45, 7) is 0. The molecule has 1 aromatic rings. The molecule has 0 aliphatic carbocycles. The van der Waals surface area contributed by atoms with E-state index >= 15 is 0 Å². The lowest BCUT2D eigenvalue weighted by atomic mass is 10.1. The van der Waals surface area contributed by atoms with Crippen molar-refractivity contribution in [1.82, 2.24) is 4.90 Å². The highest BCUT2D eigenvalue weighted by Crippen LogP contribution is 2.17. The van der Waals surface area contributed by atoms with Crippen LogP contribution in [-0.2, 0) is 4.79 Å². The van der Waals surface area contributed by atoms with Crippen molar-refractivity contribution >= 4 is 18.3 Å². The van der Waals surface area contributed by atoms with Crippen molar-refractivity contribution in [2.45, 2.75) is 6.04 Å². The van der Waals surface area contributed by atoms with E-state index in [1.165, 1.54) is 0 Å². The van der Waals surface area contributed by atoms with Crippen molar-refractivity contribution in [1.29, 1.82) is 5.41 Å². The van der Waals surface area contributed by atoms with Crippen molar-refractivity contribution in [2.75, 3.05) is 0 Å². The minimum Gasteiger partial charge on any atom is -0.370 e. The molecule has 0 saturated heterocycles. The molecule has 0 saturated carbocycles. The quantitative estimate of drug-likeness (QED) is 0.384. The van der Waals surface area contributed by atoms with Crippen LogP contribution in [0.2, 0.25) is 0 Å². The minimum absolute atomic E-state index is 0.515. The maximum atomic E-state index is 11.1. The highest BCUT2D eigenvalue weighted by atomic mass is 16.2. The molecule has 0 heterocycles. The predicted molar refractivity (Wildman–Crippen MR) is 58.6 cm³/mol. The van der Waals surface area contributed by atoms with E-state index in [-0.39, 0.29) is 0 Å². The van der Waals surface area contributed by atoms with Gasteiger partial charge in [-0.25, -0.2) is 4.79 Å². The van der Waals surface area contributed by atoms with E-state index in [2.05, 4.69) is 0 Å². The first kappa shape index (κ1) is 11.7. The Morgan fingerprint density at radius 1 is 1.31 bits per heavy atom. The normalized spacial score (nSPS) is 11.5. The lowest BCUT2D eigenvalue weighted by Gasteiger charge is -2.24. The van der Waals surface area contributed by atoms with Gasteiger partial charge in [-0.2, -0.15) is 0 Å². The second-order valence-electron chi connectivity index (χ2n) is 3.09. The third-order valence-corrected chi connectivity index (χ3v) is 2.05. The molecule has 0 aliphatic heterocycles. The molecule has 6 heteroatoms. The van der Waals surface area contributed by atoms with Gasteiger partial charge in [0.15, 0.2) is 5.96 Å². The van der Waals surface area contributed by atoms with E-state index in [9.17, 15) is 9.59 Å². The molecule has 0 spiro atoms. The van der Waals surface area contributed by atoms with Gasteiger partial charge in [0.2, 0.25) is 0 Å². The first-order valence-electron chi connectivity index (χ1n) is 4.51. The Labute approximate surface area is 92.3 Å². The molecule has 1 rings (SSSR count). The van der Waals surface area contributed by atoms with Crippen LogP contribution in [0.4, 0.5) is 4.79 Å². The maximum Gasteiger partial charge on any atom is 0.322 e. The molecular weight excluding hydrogens is 208 g/mol. The summed E-state index contributed by atoms with van der Waals surface area (Å²) in [6.07, 6.45) is 0.515. The monoisotopic (exact) mass is 220 g/mol. The number of nitrogens with zero attached hydrogens (tertiary/aromatic N) is 1. The van der Waals surface area contributed by atoms with Crippen LogP contribution >= 0.6 is 0 Å². The largest absolute Gasteiger partial charge is 0.370 e. The number of aldehydes is 1. The maximum absolute atomic E-state index is 11.1. The summed E-state index contributed by atoms with van der Waals surface area (Å²) in [5.74, 6) is -0.562. The van der Waals surface area contributed by atoms with Gasteiger partial charge in [-0.3, -0.25) is 10.3 Å². The first-order chi connectivity index (χ1) is 7.57. The molecule has 0 radical (unpaired) electrons. The van der Waals surface area contributed by atoms with Crippen molar-refractivity contribution in [3.8, 4) is 0 Å². The van der Waals surface area contributed by atoms with E-state index in [1.807, 2.05) is 0 Å². The van der Waals surface area contributed by atoms with Gasteiger partial charge in [-0.15, -0.1) is 0 Å². The molecule has 0 fully saturated rings. The molecule has 0 bridgehead atoms. The van der Waals surface area contributed by atoms with Crippen LogP contribution in [0.25, 0.3) is 0 Å². The predicted octanol–water partition coefficient (Wildman–Crippen LogP) is 0.201. The van der Waals surface area contributed by atoms with Crippen LogP contribution in [0.5, 0.6) is 0 Å². The number of carbonyl (C=O) groups is 2. The average Bonchev–Trinajstić information content (AvgIpc) is 2.25. The lowest BCUT2D eigenvalue weighted by molar-refractivity contribution is -0.110. The van der Waals surface area contributed by atoms with Gasteiger partial charge in [-0.1, -0.05) is 30.3 Å². The zero-order chi connectivity index (χ0) is 12.1. The molecule has 5 N–H and O–H groups in total. The average molecular weight is 220 g/mol. The number of carbonyl (C=O) groups excluding carboxylic acids is 2. The third-order valence-electron chi connectivity index (χ3n) is 2.05. The highest BCUT2D eigenvalue weighted by molar-refractivity contribution is 5.96. The summed E-state index contributed by atoms with van der Waals surface area (Å²) in [5.41, 5.74) is 10.8. The Balaban J connectivity index is 3.10. The number of nitrogens with one attached hydrogen (secondary N) is 1. The fraction of sp³-hybridized carbons (Fsp3) is 0.100. The number of nitrogens with two attached hydrogens (primary N) is 2. The van der Waals surface area contributed by atoms with Gasteiger partial charge in [-0.05, 0) is 5.56 Å². The van der Waals surface area contributed by atoms with Gasteiger partial charge in [0.05, 0.1) is 0 Å². The Bertz CT molecular complexity index is 391. The number of guanidine groups is 1. The Morgan fingerprint density at radius 2 is 1.88 bits per heavy atom. The van der Waals surface area contributed by atoms with Crippen LogP contribution < -0.4 is 11.5 Å². The van der Waals surface area contributed by atoms with E-state index in [0.29, 0.717) is 11.8 Å². The van der Waals surface area contributed by atoms with Crippen molar-refractivity contribution < 1.29 is 9.59 Å². The highest BCUT2D eigenvalue weighted by Gasteiger charge is 2.25. The number of rotatable bonds is 3. The fourth-order valence-corrected chi connectivity index (χ4v) is 1.34. The van der Waals surface area contributed by atoms with Crippen molar-refractivity contribution in [3.63, 3.8) is 0 Å². The Hall–Kier alpha value is -2.37. The standard InChI is InChI=1S/C10H12N4O2/c11-9(12)14(10(13)16)8(6-15)7-4-2-1-3-5-7/h1-6,8H,(H3,11,12)(H2,13,16). The number of hydrogen-bond donors (Lipinski definition) is 3. The summed E-state index contributed by atoms with van der Waals surface area (Å²) >= 11 is 0. The third kappa shape index (κ3) is 2.35. The SMILES string of the molecule is N=C(N)N(C(N)=O)C(C=O)c1ccccc1. The summed E-state index contributed by atoms with van der Waals surface area (Å²) in [4.78, 5) is 22.8. The van der Waals surface area contributed by atoms with Gasteiger partial charge in [0.25, 0.3) is 0 Å². The summed E-state index contributed by atoms with van der Waals surface area (Å²) < 4.78 is 0. The molecule has 16 heavy (non-hydrogen) atoms. The van der Waals surface area contributed by atoms with Crippen molar-refractivity contribution in [3.05, 3.63) is 35.9 Å². The molecule has 6 nitrogen and oxygen atoms in total. The van der Waals surface area contributed by atoms with Crippen LogP contribution in [0.3, 0.4) is 0 Å². The number of primary amides is 1. The van der Waals surface area contributed by atoms with E-state index in [4.69, 9.17) is 16.9 Å². The van der Waals surface area contributed by atoms with Crippen LogP contribution in [0.1, 0.15) is 11.6 Å². The Morgan fingerprint density at radius 3 is 2.25 bits per heavy atom. The first-order valence-corrected chi connectivity index (χ1v) is 4.51. The van der Waals surface area contributed by atoms with Gasteiger partial charge < -0.3 is 16.3 Å². The smallest absolute Gasteiger partial charge is 0.322 e. The van der Waals surface area contributed by atoms with Gasteiger partial charge in [0.1, 0.15) is 12.3 Å². The topological polar surface area (TPSA) is 113 Å².